The summed E-state index contributed by atoms with van der Waals surface area (Å²) in [5, 5.41) is 2.80. The number of benzene rings is 1. The second-order valence-electron chi connectivity index (χ2n) is 3.89. The number of amides is 1. The van der Waals surface area contributed by atoms with Crippen LogP contribution >= 0.6 is 22.6 Å². The van der Waals surface area contributed by atoms with Gasteiger partial charge in [-0.3, -0.25) is 15.6 Å². The Morgan fingerprint density at radius 1 is 1.59 bits per heavy atom. The molecule has 17 heavy (non-hydrogen) atoms. The van der Waals surface area contributed by atoms with Gasteiger partial charge in [-0.2, -0.15) is 0 Å². The van der Waals surface area contributed by atoms with Crippen molar-refractivity contribution in [3.05, 3.63) is 33.1 Å². The first-order valence-electron chi connectivity index (χ1n) is 5.38. The van der Waals surface area contributed by atoms with Gasteiger partial charge in [0, 0.05) is 22.7 Å². The molecule has 92 valence electrons. The third kappa shape index (κ3) is 3.36. The summed E-state index contributed by atoms with van der Waals surface area (Å²) in [6.45, 7) is 1.44. The molecule has 3 N–H and O–H groups in total. The van der Waals surface area contributed by atoms with Crippen molar-refractivity contribution >= 4 is 28.5 Å². The van der Waals surface area contributed by atoms with Gasteiger partial charge in [-0.1, -0.05) is 0 Å². The number of hydrogen-bond donors (Lipinski definition) is 3. The highest BCUT2D eigenvalue weighted by molar-refractivity contribution is 14.1. The Morgan fingerprint density at radius 3 is 3.12 bits per heavy atom. The molecular formula is C11H13FIN3O. The molecule has 1 aromatic carbocycles. The molecule has 1 heterocycles. The Hall–Kier alpha value is -0.730. The Kier molecular flexibility index (Phi) is 4.30. The lowest BCUT2D eigenvalue weighted by Gasteiger charge is -2.11. The first kappa shape index (κ1) is 12.7. The average molecular weight is 349 g/mol. The van der Waals surface area contributed by atoms with Gasteiger partial charge < -0.3 is 5.32 Å². The van der Waals surface area contributed by atoms with E-state index in [4.69, 9.17) is 0 Å². The molecule has 0 spiro atoms. The molecule has 1 aliphatic heterocycles. The van der Waals surface area contributed by atoms with Crippen molar-refractivity contribution < 1.29 is 9.18 Å². The van der Waals surface area contributed by atoms with Crippen molar-refractivity contribution in [3.63, 3.8) is 0 Å². The highest BCUT2D eigenvalue weighted by Crippen LogP contribution is 2.13. The van der Waals surface area contributed by atoms with E-state index in [-0.39, 0.29) is 11.9 Å². The molecule has 1 saturated heterocycles. The van der Waals surface area contributed by atoms with E-state index in [1.165, 1.54) is 12.1 Å². The lowest BCUT2D eigenvalue weighted by molar-refractivity contribution is 0.0948. The predicted octanol–water partition coefficient (Wildman–Crippen LogP) is 1.03. The van der Waals surface area contributed by atoms with E-state index in [1.807, 2.05) is 22.6 Å². The van der Waals surface area contributed by atoms with Crippen molar-refractivity contribution in [3.8, 4) is 0 Å². The van der Waals surface area contributed by atoms with E-state index < -0.39 is 5.82 Å². The van der Waals surface area contributed by atoms with E-state index in [2.05, 4.69) is 16.2 Å². The summed E-state index contributed by atoms with van der Waals surface area (Å²) in [6.07, 6.45) is 0.973. The first-order valence-corrected chi connectivity index (χ1v) is 6.46. The van der Waals surface area contributed by atoms with Crippen LogP contribution in [0.5, 0.6) is 0 Å². The Bertz CT molecular complexity index is 421. The molecular weight excluding hydrogens is 336 g/mol. The molecule has 0 radical (unpaired) electrons. The lowest BCUT2D eigenvalue weighted by Crippen LogP contribution is -2.40. The number of nitrogens with one attached hydrogen (secondary N) is 3. The smallest absolute Gasteiger partial charge is 0.252 e. The van der Waals surface area contributed by atoms with Crippen LogP contribution in [0.2, 0.25) is 0 Å². The van der Waals surface area contributed by atoms with Crippen LogP contribution in [0.25, 0.3) is 0 Å². The molecule has 1 atom stereocenters. The van der Waals surface area contributed by atoms with Crippen molar-refractivity contribution in [1.29, 1.82) is 0 Å². The normalized spacial score (nSPS) is 19.3. The molecule has 1 aliphatic rings. The predicted molar refractivity (Wildman–Crippen MR) is 71.0 cm³/mol. The minimum atomic E-state index is -0.392. The monoisotopic (exact) mass is 349 g/mol. The summed E-state index contributed by atoms with van der Waals surface area (Å²) >= 11 is 2.02. The summed E-state index contributed by atoms with van der Waals surface area (Å²) in [4.78, 5) is 11.8. The van der Waals surface area contributed by atoms with E-state index in [0.717, 1.165) is 16.5 Å². The average Bonchev–Trinajstić information content (AvgIpc) is 2.82. The Balaban J connectivity index is 1.96. The summed E-state index contributed by atoms with van der Waals surface area (Å²) in [5.41, 5.74) is 6.43. The molecule has 1 aromatic rings. The van der Waals surface area contributed by atoms with Gasteiger partial charge in [-0.05, 0) is 47.2 Å². The van der Waals surface area contributed by atoms with Crippen LogP contribution in [0, 0.1) is 9.39 Å². The van der Waals surface area contributed by atoms with Crippen molar-refractivity contribution in [2.75, 3.05) is 13.1 Å². The standard InChI is InChI=1S/C11H13FIN3O/c12-7-1-2-10(13)9(5-7)11(17)14-6-8-3-4-15-16-8/h1-2,5,8,15-16H,3-4,6H2,(H,14,17). The van der Waals surface area contributed by atoms with Crippen LogP contribution in [-0.4, -0.2) is 25.0 Å². The van der Waals surface area contributed by atoms with Gasteiger partial charge in [-0.15, -0.1) is 0 Å². The van der Waals surface area contributed by atoms with Gasteiger partial charge in [0.15, 0.2) is 0 Å². The molecule has 1 unspecified atom stereocenters. The maximum atomic E-state index is 13.0. The zero-order valence-electron chi connectivity index (χ0n) is 9.09. The van der Waals surface area contributed by atoms with Gasteiger partial charge in [0.1, 0.15) is 5.82 Å². The van der Waals surface area contributed by atoms with Crippen LogP contribution < -0.4 is 16.2 Å². The first-order chi connectivity index (χ1) is 8.16. The van der Waals surface area contributed by atoms with Crippen LogP contribution in [0.1, 0.15) is 16.8 Å². The fourth-order valence-electron chi connectivity index (χ4n) is 1.67. The number of halogens is 2. The SMILES string of the molecule is O=C(NCC1CCNN1)c1cc(F)ccc1I. The van der Waals surface area contributed by atoms with Crippen LogP contribution in [-0.2, 0) is 0 Å². The maximum Gasteiger partial charge on any atom is 0.252 e. The topological polar surface area (TPSA) is 53.2 Å². The fourth-order valence-corrected chi connectivity index (χ4v) is 2.25. The van der Waals surface area contributed by atoms with E-state index in [9.17, 15) is 9.18 Å². The molecule has 6 heteroatoms. The van der Waals surface area contributed by atoms with Gasteiger partial charge >= 0.3 is 0 Å². The van der Waals surface area contributed by atoms with Gasteiger partial charge in [0.25, 0.3) is 5.91 Å². The van der Waals surface area contributed by atoms with Gasteiger partial charge in [-0.25, -0.2) is 4.39 Å². The highest BCUT2D eigenvalue weighted by atomic mass is 127. The van der Waals surface area contributed by atoms with Crippen LogP contribution in [0.4, 0.5) is 4.39 Å². The lowest BCUT2D eigenvalue weighted by atomic mass is 10.2. The zero-order valence-corrected chi connectivity index (χ0v) is 11.3. The van der Waals surface area contributed by atoms with Crippen LogP contribution in [0.15, 0.2) is 18.2 Å². The van der Waals surface area contributed by atoms with Gasteiger partial charge in [0.2, 0.25) is 0 Å². The molecule has 0 bridgehead atoms. The van der Waals surface area contributed by atoms with E-state index in [0.29, 0.717) is 12.1 Å². The number of carbonyl (C=O) groups is 1. The van der Waals surface area contributed by atoms with Crippen LogP contribution in [0.3, 0.4) is 0 Å². The zero-order chi connectivity index (χ0) is 12.3. The number of rotatable bonds is 3. The third-order valence-corrected chi connectivity index (χ3v) is 3.55. The second kappa shape index (κ2) is 5.74. The number of hydrogen-bond acceptors (Lipinski definition) is 3. The second-order valence-corrected chi connectivity index (χ2v) is 5.05. The van der Waals surface area contributed by atoms with Gasteiger partial charge in [0.05, 0.1) is 5.56 Å². The highest BCUT2D eigenvalue weighted by Gasteiger charge is 2.16. The van der Waals surface area contributed by atoms with Crippen molar-refractivity contribution in [2.24, 2.45) is 0 Å². The largest absolute Gasteiger partial charge is 0.350 e. The number of hydrazine groups is 1. The molecule has 0 saturated carbocycles. The fraction of sp³-hybridized carbons (Fsp3) is 0.364. The number of carbonyl (C=O) groups excluding carboxylic acids is 1. The molecule has 2 rings (SSSR count). The minimum absolute atomic E-state index is 0.234. The summed E-state index contributed by atoms with van der Waals surface area (Å²) < 4.78 is 13.8. The molecule has 1 fully saturated rings. The van der Waals surface area contributed by atoms with E-state index >= 15 is 0 Å². The Labute approximate surface area is 112 Å². The third-order valence-electron chi connectivity index (χ3n) is 2.61. The summed E-state index contributed by atoms with van der Waals surface area (Å²) in [5.74, 6) is -0.626. The Morgan fingerprint density at radius 2 is 2.41 bits per heavy atom. The maximum absolute atomic E-state index is 13.0. The van der Waals surface area contributed by atoms with Crippen molar-refractivity contribution in [2.45, 2.75) is 12.5 Å². The quantitative estimate of drug-likeness (QED) is 0.715. The summed E-state index contributed by atoms with van der Waals surface area (Å²) in [7, 11) is 0. The van der Waals surface area contributed by atoms with E-state index in [1.54, 1.807) is 6.07 Å². The van der Waals surface area contributed by atoms with Crippen molar-refractivity contribution in [1.82, 2.24) is 16.2 Å². The minimum Gasteiger partial charge on any atom is -0.350 e. The molecule has 0 aromatic heterocycles. The molecule has 1 amide bonds. The summed E-state index contributed by atoms with van der Waals surface area (Å²) in [6, 6.07) is 4.45. The molecule has 4 nitrogen and oxygen atoms in total. The molecule has 0 aliphatic carbocycles.